The van der Waals surface area contributed by atoms with E-state index in [1.165, 1.54) is 6.42 Å². The van der Waals surface area contributed by atoms with Crippen LogP contribution in [-0.4, -0.2) is 56.8 Å². The Morgan fingerprint density at radius 2 is 2.10 bits per heavy atom. The van der Waals surface area contributed by atoms with Crippen molar-refractivity contribution in [3.05, 3.63) is 59.2 Å². The second kappa shape index (κ2) is 9.24. The number of benzene rings is 1. The molecule has 4 rings (SSSR count). The van der Waals surface area contributed by atoms with Crippen LogP contribution in [0.3, 0.4) is 0 Å². The quantitative estimate of drug-likeness (QED) is 0.693. The van der Waals surface area contributed by atoms with Gasteiger partial charge in [0.05, 0.1) is 29.5 Å². The number of halogens is 1. The normalized spacial score (nSPS) is 19.7. The first-order chi connectivity index (χ1) is 15.0. The molecular formula is C23H28ClN5O2. The number of nitrogens with one attached hydrogen (secondary N) is 1. The molecule has 1 aromatic carbocycles. The molecule has 2 aliphatic rings. The summed E-state index contributed by atoms with van der Waals surface area (Å²) in [5, 5.41) is 3.35. The molecule has 3 heterocycles. The molecule has 7 nitrogen and oxygen atoms in total. The van der Waals surface area contributed by atoms with Gasteiger partial charge in [0.15, 0.2) is 0 Å². The number of amides is 2. The molecule has 2 aromatic rings. The monoisotopic (exact) mass is 441 g/mol. The highest BCUT2D eigenvalue weighted by Gasteiger charge is 2.31. The van der Waals surface area contributed by atoms with Crippen molar-refractivity contribution in [1.29, 1.82) is 0 Å². The molecule has 8 heteroatoms. The van der Waals surface area contributed by atoms with Gasteiger partial charge in [0.2, 0.25) is 5.91 Å². The minimum absolute atomic E-state index is 0.0107. The van der Waals surface area contributed by atoms with Crippen LogP contribution in [0, 0.1) is 0 Å². The summed E-state index contributed by atoms with van der Waals surface area (Å²) in [7, 11) is 0. The Balaban J connectivity index is 1.49. The van der Waals surface area contributed by atoms with Gasteiger partial charge >= 0.3 is 0 Å². The van der Waals surface area contributed by atoms with Gasteiger partial charge in [-0.15, -0.1) is 0 Å². The first-order valence-electron chi connectivity index (χ1n) is 10.8. The number of likely N-dealkylation sites (tertiary alicyclic amines) is 1. The molecule has 1 fully saturated rings. The standard InChI is InChI=1S/C23H28ClN5O2/c1-3-17-14-28(22(30)10-9-16(2)27-11-6-12-27)15-21-25-13-20(29(17)21)23(31)26-19-8-5-4-7-18(19)24/h4-5,7-10,13,16-17H,3,6,11-12,14-15H2,1-2H3,(H,26,31)/b10-9+/t16-,17+/m0/s1. The van der Waals surface area contributed by atoms with Crippen molar-refractivity contribution in [1.82, 2.24) is 19.4 Å². The Hall–Kier alpha value is -2.64. The second-order valence-corrected chi connectivity index (χ2v) is 8.54. The lowest BCUT2D eigenvalue weighted by Crippen LogP contribution is -2.43. The zero-order chi connectivity index (χ0) is 22.0. The number of para-hydroxylation sites is 1. The fourth-order valence-electron chi connectivity index (χ4n) is 4.09. The molecule has 1 saturated heterocycles. The van der Waals surface area contributed by atoms with E-state index in [2.05, 4.69) is 29.0 Å². The summed E-state index contributed by atoms with van der Waals surface area (Å²) in [6.07, 6.45) is 7.25. The molecule has 164 valence electrons. The lowest BCUT2D eigenvalue weighted by molar-refractivity contribution is -0.128. The van der Waals surface area contributed by atoms with Gasteiger partial charge in [-0.1, -0.05) is 36.7 Å². The Kier molecular flexibility index (Phi) is 6.43. The van der Waals surface area contributed by atoms with Gasteiger partial charge in [0, 0.05) is 18.7 Å². The van der Waals surface area contributed by atoms with Crippen molar-refractivity contribution in [3.63, 3.8) is 0 Å². The molecule has 0 aliphatic carbocycles. The van der Waals surface area contributed by atoms with Gasteiger partial charge in [-0.2, -0.15) is 0 Å². The SMILES string of the molecule is CC[C@@H]1CN(C(=O)/C=C/[C@H](C)N2CCC2)Cc2ncc(C(=O)Nc3ccccc3Cl)n21. The van der Waals surface area contributed by atoms with Gasteiger partial charge in [-0.3, -0.25) is 14.5 Å². The predicted octanol–water partition coefficient (Wildman–Crippen LogP) is 3.73. The van der Waals surface area contributed by atoms with Crippen molar-refractivity contribution in [2.75, 3.05) is 25.0 Å². The van der Waals surface area contributed by atoms with Crippen LogP contribution in [-0.2, 0) is 11.3 Å². The number of carbonyl (C=O) groups excluding carboxylic acids is 2. The van der Waals surface area contributed by atoms with Gasteiger partial charge in [-0.05, 0) is 45.0 Å². The minimum atomic E-state index is -0.256. The van der Waals surface area contributed by atoms with E-state index in [0.29, 0.717) is 29.5 Å². The van der Waals surface area contributed by atoms with Crippen LogP contribution in [0.15, 0.2) is 42.6 Å². The molecule has 1 aromatic heterocycles. The summed E-state index contributed by atoms with van der Waals surface area (Å²) in [5.41, 5.74) is 1.04. The summed E-state index contributed by atoms with van der Waals surface area (Å²) in [6.45, 7) is 7.30. The van der Waals surface area contributed by atoms with E-state index in [9.17, 15) is 9.59 Å². The largest absolute Gasteiger partial charge is 0.330 e. The molecule has 0 saturated carbocycles. The highest BCUT2D eigenvalue weighted by Crippen LogP contribution is 2.27. The number of fused-ring (bicyclic) bond motifs is 1. The Labute approximate surface area is 187 Å². The molecule has 2 atom stereocenters. The number of hydrogen-bond donors (Lipinski definition) is 1. The Morgan fingerprint density at radius 1 is 1.32 bits per heavy atom. The van der Waals surface area contributed by atoms with Crippen LogP contribution in [0.4, 0.5) is 5.69 Å². The summed E-state index contributed by atoms with van der Waals surface area (Å²) in [4.78, 5) is 34.3. The molecular weight excluding hydrogens is 414 g/mol. The Bertz CT molecular complexity index is 998. The van der Waals surface area contributed by atoms with Crippen LogP contribution in [0.2, 0.25) is 5.02 Å². The zero-order valence-electron chi connectivity index (χ0n) is 17.9. The van der Waals surface area contributed by atoms with Gasteiger partial charge in [0.1, 0.15) is 11.5 Å². The van der Waals surface area contributed by atoms with Crippen molar-refractivity contribution in [3.8, 4) is 0 Å². The maximum atomic E-state index is 12.9. The van der Waals surface area contributed by atoms with E-state index >= 15 is 0 Å². The third-order valence-electron chi connectivity index (χ3n) is 6.12. The lowest BCUT2D eigenvalue weighted by Gasteiger charge is -2.35. The van der Waals surface area contributed by atoms with Crippen molar-refractivity contribution in [2.45, 2.75) is 45.3 Å². The van der Waals surface area contributed by atoms with Crippen molar-refractivity contribution in [2.24, 2.45) is 0 Å². The fraction of sp³-hybridized carbons (Fsp3) is 0.435. The summed E-state index contributed by atoms with van der Waals surface area (Å²) < 4.78 is 1.96. The van der Waals surface area contributed by atoms with Crippen molar-refractivity contribution >= 4 is 29.1 Å². The molecule has 0 radical (unpaired) electrons. The average Bonchev–Trinajstić information content (AvgIpc) is 3.16. The van der Waals surface area contributed by atoms with Crippen LogP contribution in [0.5, 0.6) is 0 Å². The number of anilines is 1. The molecule has 0 spiro atoms. The number of rotatable bonds is 6. The van der Waals surface area contributed by atoms with Gasteiger partial charge in [-0.25, -0.2) is 4.98 Å². The number of hydrogen-bond acceptors (Lipinski definition) is 4. The van der Waals surface area contributed by atoms with E-state index < -0.39 is 0 Å². The molecule has 0 unspecified atom stereocenters. The van der Waals surface area contributed by atoms with E-state index in [-0.39, 0.29) is 23.9 Å². The number of nitrogens with zero attached hydrogens (tertiary/aromatic N) is 4. The molecule has 2 aliphatic heterocycles. The van der Waals surface area contributed by atoms with E-state index in [1.54, 1.807) is 24.4 Å². The molecule has 0 bridgehead atoms. The average molecular weight is 442 g/mol. The second-order valence-electron chi connectivity index (χ2n) is 8.13. The van der Waals surface area contributed by atoms with Crippen LogP contribution >= 0.6 is 11.6 Å². The first kappa shape index (κ1) is 21.6. The summed E-state index contributed by atoms with van der Waals surface area (Å²) in [6, 6.07) is 7.39. The third kappa shape index (κ3) is 4.52. The smallest absolute Gasteiger partial charge is 0.273 e. The van der Waals surface area contributed by atoms with Crippen LogP contribution in [0.1, 0.15) is 49.0 Å². The van der Waals surface area contributed by atoms with E-state index in [1.807, 2.05) is 27.7 Å². The molecule has 1 N–H and O–H groups in total. The minimum Gasteiger partial charge on any atom is -0.330 e. The summed E-state index contributed by atoms with van der Waals surface area (Å²) in [5.74, 6) is 0.454. The van der Waals surface area contributed by atoms with Gasteiger partial charge < -0.3 is 14.8 Å². The maximum Gasteiger partial charge on any atom is 0.273 e. The van der Waals surface area contributed by atoms with Crippen LogP contribution < -0.4 is 5.32 Å². The molecule has 2 amide bonds. The van der Waals surface area contributed by atoms with E-state index in [4.69, 9.17) is 11.6 Å². The highest BCUT2D eigenvalue weighted by atomic mass is 35.5. The zero-order valence-corrected chi connectivity index (χ0v) is 18.7. The first-order valence-corrected chi connectivity index (χ1v) is 11.2. The number of carbonyl (C=O) groups is 2. The highest BCUT2D eigenvalue weighted by molar-refractivity contribution is 6.33. The van der Waals surface area contributed by atoms with Gasteiger partial charge in [0.25, 0.3) is 5.91 Å². The predicted molar refractivity (Wildman–Crippen MR) is 121 cm³/mol. The Morgan fingerprint density at radius 3 is 2.77 bits per heavy atom. The maximum absolute atomic E-state index is 12.9. The van der Waals surface area contributed by atoms with E-state index in [0.717, 1.165) is 25.3 Å². The third-order valence-corrected chi connectivity index (χ3v) is 6.45. The molecule has 31 heavy (non-hydrogen) atoms. The summed E-state index contributed by atoms with van der Waals surface area (Å²) >= 11 is 6.18. The number of imidazole rings is 1. The fourth-order valence-corrected chi connectivity index (χ4v) is 4.27. The lowest BCUT2D eigenvalue weighted by atomic mass is 10.1. The van der Waals surface area contributed by atoms with Crippen LogP contribution in [0.25, 0.3) is 0 Å². The van der Waals surface area contributed by atoms with Crippen molar-refractivity contribution < 1.29 is 9.59 Å². The topological polar surface area (TPSA) is 70.5 Å². The number of aromatic nitrogens is 2.